The number of piperidine rings is 1. The molecule has 1 aliphatic heterocycles. The molecule has 142 valence electrons. The summed E-state index contributed by atoms with van der Waals surface area (Å²) in [6, 6.07) is 13.0. The van der Waals surface area contributed by atoms with Gasteiger partial charge in [0.2, 0.25) is 5.89 Å². The average molecular weight is 365 g/mol. The molecule has 4 rings (SSSR count). The van der Waals surface area contributed by atoms with Crippen LogP contribution in [0.3, 0.4) is 0 Å². The second-order valence-corrected chi connectivity index (χ2v) is 7.27. The summed E-state index contributed by atoms with van der Waals surface area (Å²) < 4.78 is 7.55. The number of hydrogen-bond donors (Lipinski definition) is 0. The largest absolute Gasteiger partial charge is 0.338 e. The third kappa shape index (κ3) is 5.04. The Kier molecular flexibility index (Phi) is 5.94. The zero-order valence-corrected chi connectivity index (χ0v) is 15.7. The van der Waals surface area contributed by atoms with Crippen molar-refractivity contribution in [1.82, 2.24) is 24.8 Å². The fraction of sp³-hybridized carbons (Fsp3) is 0.476. The molecule has 1 fully saturated rings. The monoisotopic (exact) mass is 365 g/mol. The molecule has 0 N–H and O–H groups in total. The molecule has 1 aromatic carbocycles. The van der Waals surface area contributed by atoms with Gasteiger partial charge in [-0.05, 0) is 43.9 Å². The third-order valence-corrected chi connectivity index (χ3v) is 5.33. The molecule has 0 amide bonds. The van der Waals surface area contributed by atoms with Crippen LogP contribution in [0.5, 0.6) is 0 Å². The molecule has 0 spiro atoms. The second kappa shape index (κ2) is 8.95. The number of rotatable bonds is 8. The van der Waals surface area contributed by atoms with Crippen molar-refractivity contribution in [3.63, 3.8) is 0 Å². The number of nitrogens with zero attached hydrogens (tertiary/aromatic N) is 5. The van der Waals surface area contributed by atoms with Gasteiger partial charge in [0.1, 0.15) is 0 Å². The number of likely N-dealkylation sites (tertiary alicyclic amines) is 1. The van der Waals surface area contributed by atoms with Gasteiger partial charge in [0.25, 0.3) is 0 Å². The van der Waals surface area contributed by atoms with Crippen LogP contribution >= 0.6 is 0 Å². The summed E-state index contributed by atoms with van der Waals surface area (Å²) in [4.78, 5) is 7.13. The normalized spacial score (nSPS) is 18.0. The van der Waals surface area contributed by atoms with Gasteiger partial charge in [0, 0.05) is 31.4 Å². The van der Waals surface area contributed by atoms with Crippen LogP contribution < -0.4 is 0 Å². The van der Waals surface area contributed by atoms with E-state index in [9.17, 15) is 0 Å². The van der Waals surface area contributed by atoms with Gasteiger partial charge >= 0.3 is 0 Å². The van der Waals surface area contributed by atoms with E-state index in [4.69, 9.17) is 4.52 Å². The quantitative estimate of drug-likeness (QED) is 0.611. The Bertz CT molecular complexity index is 799. The molecule has 0 unspecified atom stereocenters. The lowest BCUT2D eigenvalue weighted by molar-refractivity contribution is 0.113. The first-order valence-corrected chi connectivity index (χ1v) is 9.94. The van der Waals surface area contributed by atoms with E-state index in [-0.39, 0.29) is 0 Å². The van der Waals surface area contributed by atoms with E-state index in [2.05, 4.69) is 44.4 Å². The molecular weight excluding hydrogens is 338 g/mol. The zero-order chi connectivity index (χ0) is 18.3. The first kappa shape index (κ1) is 17.9. The number of aromatic nitrogens is 4. The van der Waals surface area contributed by atoms with E-state index >= 15 is 0 Å². The van der Waals surface area contributed by atoms with Gasteiger partial charge in [-0.3, -0.25) is 9.58 Å². The lowest BCUT2D eigenvalue weighted by atomic mass is 9.99. The van der Waals surface area contributed by atoms with Crippen molar-refractivity contribution >= 4 is 0 Å². The maximum absolute atomic E-state index is 5.53. The summed E-state index contributed by atoms with van der Waals surface area (Å²) in [5, 5.41) is 8.50. The Morgan fingerprint density at radius 1 is 1.07 bits per heavy atom. The van der Waals surface area contributed by atoms with Crippen molar-refractivity contribution in [3.05, 3.63) is 66.1 Å². The molecule has 1 atom stereocenters. The van der Waals surface area contributed by atoms with Gasteiger partial charge in [-0.25, -0.2) is 0 Å². The first-order chi connectivity index (χ1) is 13.4. The molecule has 6 nitrogen and oxygen atoms in total. The average Bonchev–Trinajstić information content (AvgIpc) is 3.39. The lowest BCUT2D eigenvalue weighted by Gasteiger charge is -2.34. The second-order valence-electron chi connectivity index (χ2n) is 7.27. The summed E-state index contributed by atoms with van der Waals surface area (Å²) in [6.07, 6.45) is 10.5. The van der Waals surface area contributed by atoms with Crippen LogP contribution in [0, 0.1) is 0 Å². The molecule has 3 aromatic rings. The predicted molar refractivity (Wildman–Crippen MR) is 103 cm³/mol. The predicted octanol–water partition coefficient (Wildman–Crippen LogP) is 3.50. The van der Waals surface area contributed by atoms with Gasteiger partial charge < -0.3 is 4.52 Å². The highest BCUT2D eigenvalue weighted by Crippen LogP contribution is 2.22. The molecule has 27 heavy (non-hydrogen) atoms. The highest BCUT2D eigenvalue weighted by atomic mass is 16.5. The molecule has 1 aliphatic rings. The van der Waals surface area contributed by atoms with Gasteiger partial charge in [-0.1, -0.05) is 41.9 Å². The van der Waals surface area contributed by atoms with E-state index in [0.717, 1.165) is 50.6 Å². The summed E-state index contributed by atoms with van der Waals surface area (Å²) in [6.45, 7) is 2.81. The minimum atomic E-state index is 0.558. The fourth-order valence-electron chi connectivity index (χ4n) is 3.84. The Morgan fingerprint density at radius 3 is 2.85 bits per heavy atom. The van der Waals surface area contributed by atoms with Crippen molar-refractivity contribution in [2.24, 2.45) is 0 Å². The van der Waals surface area contributed by atoms with Crippen molar-refractivity contribution in [1.29, 1.82) is 0 Å². The Balaban J connectivity index is 1.31. The van der Waals surface area contributed by atoms with E-state index < -0.39 is 0 Å². The lowest BCUT2D eigenvalue weighted by Crippen LogP contribution is -2.39. The van der Waals surface area contributed by atoms with Gasteiger partial charge in [-0.2, -0.15) is 10.1 Å². The topological polar surface area (TPSA) is 60.0 Å². The molecule has 2 aromatic heterocycles. The van der Waals surface area contributed by atoms with E-state index in [1.165, 1.54) is 24.8 Å². The summed E-state index contributed by atoms with van der Waals surface area (Å²) in [5.41, 5.74) is 1.30. The highest BCUT2D eigenvalue weighted by molar-refractivity contribution is 5.15. The highest BCUT2D eigenvalue weighted by Gasteiger charge is 2.24. The Morgan fingerprint density at radius 2 is 2.00 bits per heavy atom. The molecule has 6 heteroatoms. The summed E-state index contributed by atoms with van der Waals surface area (Å²) in [7, 11) is 0. The van der Waals surface area contributed by atoms with Crippen LogP contribution in [0.15, 0.2) is 53.3 Å². The van der Waals surface area contributed by atoms with Gasteiger partial charge in [-0.15, -0.1) is 0 Å². The van der Waals surface area contributed by atoms with Crippen LogP contribution in [0.2, 0.25) is 0 Å². The van der Waals surface area contributed by atoms with E-state index in [1.807, 2.05) is 29.2 Å². The van der Waals surface area contributed by atoms with Crippen LogP contribution in [0.4, 0.5) is 0 Å². The molecule has 0 aliphatic carbocycles. The van der Waals surface area contributed by atoms with Crippen molar-refractivity contribution in [2.45, 2.75) is 57.7 Å². The Labute approximate surface area is 160 Å². The molecule has 0 radical (unpaired) electrons. The molecule has 0 bridgehead atoms. The minimum Gasteiger partial charge on any atom is -0.338 e. The number of hydrogen-bond acceptors (Lipinski definition) is 5. The van der Waals surface area contributed by atoms with Crippen LogP contribution in [-0.4, -0.2) is 37.4 Å². The first-order valence-electron chi connectivity index (χ1n) is 9.94. The van der Waals surface area contributed by atoms with E-state index in [0.29, 0.717) is 6.04 Å². The van der Waals surface area contributed by atoms with Crippen LogP contribution in [0.25, 0.3) is 0 Å². The molecule has 1 saturated heterocycles. The standard InChI is InChI=1S/C21H27N5O/c1-2-7-18(8-3-1)10-11-20-23-21(27-24-20)17-25-14-5-4-9-19(25)12-16-26-15-6-13-22-26/h1-3,6-8,13,15,19H,4-5,9-12,14,16-17H2/t19-/m0/s1. The SMILES string of the molecule is c1ccc(CCc2noc(CN3CCCC[C@H]3CCn3cccn3)n2)cc1. The van der Waals surface area contributed by atoms with Crippen molar-refractivity contribution in [3.8, 4) is 0 Å². The molecular formula is C21H27N5O. The zero-order valence-electron chi connectivity index (χ0n) is 15.7. The fourth-order valence-corrected chi connectivity index (χ4v) is 3.84. The van der Waals surface area contributed by atoms with Gasteiger partial charge in [0.05, 0.1) is 6.54 Å². The third-order valence-electron chi connectivity index (χ3n) is 5.33. The van der Waals surface area contributed by atoms with E-state index in [1.54, 1.807) is 0 Å². The minimum absolute atomic E-state index is 0.558. The number of aryl methyl sites for hydroxylation is 3. The smallest absolute Gasteiger partial charge is 0.240 e. The maximum Gasteiger partial charge on any atom is 0.240 e. The number of benzene rings is 1. The maximum atomic E-state index is 5.53. The summed E-state index contributed by atoms with van der Waals surface area (Å²) in [5.74, 6) is 1.54. The Hall–Kier alpha value is -2.47. The summed E-state index contributed by atoms with van der Waals surface area (Å²) >= 11 is 0. The van der Waals surface area contributed by atoms with Crippen molar-refractivity contribution < 1.29 is 4.52 Å². The van der Waals surface area contributed by atoms with Gasteiger partial charge in [0.15, 0.2) is 5.82 Å². The molecule has 0 saturated carbocycles. The van der Waals surface area contributed by atoms with Crippen LogP contribution in [0.1, 0.15) is 43.0 Å². The molecule has 3 heterocycles. The van der Waals surface area contributed by atoms with Crippen molar-refractivity contribution in [2.75, 3.05) is 6.54 Å². The van der Waals surface area contributed by atoms with Crippen LogP contribution in [-0.2, 0) is 25.9 Å².